The second-order valence-corrected chi connectivity index (χ2v) is 4.49. The van der Waals surface area contributed by atoms with Crippen molar-refractivity contribution in [1.82, 2.24) is 10.2 Å². The van der Waals surface area contributed by atoms with E-state index in [1.807, 2.05) is 20.0 Å². The van der Waals surface area contributed by atoms with Crippen molar-refractivity contribution in [2.75, 3.05) is 13.1 Å². The lowest BCUT2D eigenvalue weighted by molar-refractivity contribution is 0.207. The molecule has 1 rings (SSSR count). The van der Waals surface area contributed by atoms with Gasteiger partial charge in [0.05, 0.1) is 0 Å². The van der Waals surface area contributed by atoms with E-state index in [-0.39, 0.29) is 6.03 Å². The van der Waals surface area contributed by atoms with Crippen LogP contribution in [0.3, 0.4) is 0 Å². The Kier molecular flexibility index (Phi) is 5.36. The zero-order valence-corrected chi connectivity index (χ0v) is 10.8. The summed E-state index contributed by atoms with van der Waals surface area (Å²) in [7, 11) is 0. The molecule has 0 radical (unpaired) electrons. The fourth-order valence-corrected chi connectivity index (χ4v) is 2.28. The molecule has 0 saturated heterocycles. The van der Waals surface area contributed by atoms with Crippen LogP contribution in [0, 0.1) is 5.92 Å². The molecule has 0 heterocycles. The predicted molar refractivity (Wildman–Crippen MR) is 67.2 cm³/mol. The summed E-state index contributed by atoms with van der Waals surface area (Å²) in [5.74, 6) is 0.692. The number of carbonyl (C=O) groups excluding carboxylic acids is 1. The minimum absolute atomic E-state index is 0.0161. The van der Waals surface area contributed by atoms with Crippen LogP contribution >= 0.6 is 0 Å². The van der Waals surface area contributed by atoms with Crippen molar-refractivity contribution < 1.29 is 4.79 Å². The lowest BCUT2D eigenvalue weighted by atomic mass is 10.0. The number of amides is 2. The van der Waals surface area contributed by atoms with Gasteiger partial charge in [-0.05, 0) is 39.5 Å². The molecule has 0 aliphatic heterocycles. The maximum Gasteiger partial charge on any atom is 0.321 e. The van der Waals surface area contributed by atoms with E-state index < -0.39 is 0 Å². The third kappa shape index (κ3) is 3.54. The van der Waals surface area contributed by atoms with Crippen LogP contribution < -0.4 is 5.32 Å². The van der Waals surface area contributed by atoms with E-state index in [1.54, 1.807) is 4.90 Å². The van der Waals surface area contributed by atoms with Gasteiger partial charge in [-0.25, -0.2) is 4.79 Å². The Morgan fingerprint density at radius 2 is 1.88 bits per heavy atom. The quantitative estimate of drug-likeness (QED) is 0.781. The summed E-state index contributed by atoms with van der Waals surface area (Å²) >= 11 is 0. The van der Waals surface area contributed by atoms with Crippen LogP contribution in [-0.2, 0) is 0 Å². The molecular weight excluding hydrogens is 200 g/mol. The van der Waals surface area contributed by atoms with Crippen molar-refractivity contribution in [3.63, 3.8) is 0 Å². The molecule has 0 unspecified atom stereocenters. The Morgan fingerprint density at radius 1 is 1.31 bits per heavy atom. The number of carbonyl (C=O) groups is 1. The van der Waals surface area contributed by atoms with Gasteiger partial charge in [0.15, 0.2) is 0 Å². The highest BCUT2D eigenvalue weighted by Gasteiger charge is 2.16. The molecule has 1 aliphatic carbocycles. The average Bonchev–Trinajstić information content (AvgIpc) is 2.81. The lowest BCUT2D eigenvalue weighted by Crippen LogP contribution is -2.37. The van der Waals surface area contributed by atoms with E-state index in [4.69, 9.17) is 0 Å². The van der Waals surface area contributed by atoms with Crippen molar-refractivity contribution >= 4 is 6.03 Å². The Hall–Kier alpha value is -0.990. The molecular formula is C13H24N2O. The molecule has 3 nitrogen and oxygen atoms in total. The molecule has 0 aromatic heterocycles. The van der Waals surface area contributed by atoms with Gasteiger partial charge in [0, 0.05) is 19.3 Å². The van der Waals surface area contributed by atoms with Gasteiger partial charge in [0.1, 0.15) is 0 Å². The summed E-state index contributed by atoms with van der Waals surface area (Å²) in [6, 6.07) is 0.0161. The molecule has 92 valence electrons. The topological polar surface area (TPSA) is 32.3 Å². The van der Waals surface area contributed by atoms with E-state index in [0.29, 0.717) is 5.92 Å². The number of hydrogen-bond donors (Lipinski definition) is 1. The molecule has 0 spiro atoms. The summed E-state index contributed by atoms with van der Waals surface area (Å²) in [5, 5.41) is 2.89. The molecule has 0 bridgehead atoms. The number of rotatable bonds is 4. The summed E-state index contributed by atoms with van der Waals surface area (Å²) in [5.41, 5.74) is 1.32. The zero-order valence-electron chi connectivity index (χ0n) is 10.8. The zero-order chi connectivity index (χ0) is 12.0. The van der Waals surface area contributed by atoms with E-state index in [9.17, 15) is 4.79 Å². The number of nitrogens with zero attached hydrogens (tertiary/aromatic N) is 1. The number of nitrogens with one attached hydrogen (secondary N) is 1. The number of hydrogen-bond acceptors (Lipinski definition) is 1. The molecule has 1 N–H and O–H groups in total. The van der Waals surface area contributed by atoms with Gasteiger partial charge in [0.2, 0.25) is 0 Å². The van der Waals surface area contributed by atoms with E-state index in [0.717, 1.165) is 13.1 Å². The third-order valence-electron chi connectivity index (χ3n) is 3.47. The van der Waals surface area contributed by atoms with Gasteiger partial charge in [-0.3, -0.25) is 0 Å². The second-order valence-electron chi connectivity index (χ2n) is 4.49. The monoisotopic (exact) mass is 224 g/mol. The van der Waals surface area contributed by atoms with Crippen LogP contribution in [0.25, 0.3) is 0 Å². The Labute approximate surface area is 98.9 Å². The number of urea groups is 1. The van der Waals surface area contributed by atoms with Crippen LogP contribution in [0.2, 0.25) is 0 Å². The molecule has 2 amide bonds. The van der Waals surface area contributed by atoms with Crippen molar-refractivity contribution in [2.24, 2.45) is 5.92 Å². The van der Waals surface area contributed by atoms with Gasteiger partial charge >= 0.3 is 6.03 Å². The first-order valence-corrected chi connectivity index (χ1v) is 6.41. The smallest absolute Gasteiger partial charge is 0.321 e. The normalized spacial score (nSPS) is 17.6. The highest BCUT2D eigenvalue weighted by Crippen LogP contribution is 2.30. The van der Waals surface area contributed by atoms with Gasteiger partial charge in [-0.1, -0.05) is 18.4 Å². The molecule has 0 aromatic carbocycles. The highest BCUT2D eigenvalue weighted by atomic mass is 16.2. The van der Waals surface area contributed by atoms with Gasteiger partial charge in [0.25, 0.3) is 0 Å². The molecule has 0 atom stereocenters. The first kappa shape index (κ1) is 13.1. The Balaban J connectivity index is 2.41. The van der Waals surface area contributed by atoms with Crippen LogP contribution in [0.1, 0.15) is 46.5 Å². The van der Waals surface area contributed by atoms with Crippen molar-refractivity contribution in [2.45, 2.75) is 46.5 Å². The lowest BCUT2D eigenvalue weighted by Gasteiger charge is -2.18. The highest BCUT2D eigenvalue weighted by molar-refractivity contribution is 5.75. The van der Waals surface area contributed by atoms with Crippen LogP contribution in [-0.4, -0.2) is 24.0 Å². The second kappa shape index (κ2) is 6.56. The SMILES string of the molecule is CCN(CC)C(=O)N/C=C(\C)C1CCCC1. The van der Waals surface area contributed by atoms with Crippen LogP contribution in [0.4, 0.5) is 4.79 Å². The van der Waals surface area contributed by atoms with Gasteiger partial charge in [-0.15, -0.1) is 0 Å². The van der Waals surface area contributed by atoms with Gasteiger partial charge in [-0.2, -0.15) is 0 Å². The summed E-state index contributed by atoms with van der Waals surface area (Å²) in [4.78, 5) is 13.5. The molecule has 0 aromatic rings. The first-order chi connectivity index (χ1) is 7.69. The first-order valence-electron chi connectivity index (χ1n) is 6.41. The largest absolute Gasteiger partial charge is 0.325 e. The van der Waals surface area contributed by atoms with E-state index in [1.165, 1.54) is 31.3 Å². The maximum atomic E-state index is 11.7. The Bertz CT molecular complexity index is 251. The third-order valence-corrected chi connectivity index (χ3v) is 3.47. The Morgan fingerprint density at radius 3 is 2.38 bits per heavy atom. The van der Waals surface area contributed by atoms with Crippen molar-refractivity contribution in [3.8, 4) is 0 Å². The predicted octanol–water partition coefficient (Wildman–Crippen LogP) is 3.13. The summed E-state index contributed by atoms with van der Waals surface area (Å²) in [6.07, 6.45) is 7.13. The minimum atomic E-state index is 0.0161. The van der Waals surface area contributed by atoms with Crippen LogP contribution in [0.5, 0.6) is 0 Å². The van der Waals surface area contributed by atoms with Gasteiger partial charge < -0.3 is 10.2 Å². The molecule has 3 heteroatoms. The summed E-state index contributed by atoms with van der Waals surface area (Å²) in [6.45, 7) is 7.64. The number of allylic oxidation sites excluding steroid dienone is 1. The fourth-order valence-electron chi connectivity index (χ4n) is 2.28. The maximum absolute atomic E-state index is 11.7. The molecule has 1 aliphatic rings. The minimum Gasteiger partial charge on any atom is -0.325 e. The van der Waals surface area contributed by atoms with Crippen molar-refractivity contribution in [1.29, 1.82) is 0 Å². The summed E-state index contributed by atoms with van der Waals surface area (Å²) < 4.78 is 0. The van der Waals surface area contributed by atoms with E-state index >= 15 is 0 Å². The standard InChI is InChI=1S/C13H24N2O/c1-4-15(5-2)13(16)14-10-11(3)12-8-6-7-9-12/h10,12H,4-9H2,1-3H3,(H,14,16)/b11-10+. The molecule has 1 saturated carbocycles. The average molecular weight is 224 g/mol. The van der Waals surface area contributed by atoms with Crippen molar-refractivity contribution in [3.05, 3.63) is 11.8 Å². The van der Waals surface area contributed by atoms with E-state index in [2.05, 4.69) is 12.2 Å². The fraction of sp³-hybridized carbons (Fsp3) is 0.769. The molecule has 16 heavy (non-hydrogen) atoms. The van der Waals surface area contributed by atoms with Crippen LogP contribution in [0.15, 0.2) is 11.8 Å². The molecule has 1 fully saturated rings.